The fourth-order valence-electron chi connectivity index (χ4n) is 1.80. The van der Waals surface area contributed by atoms with Gasteiger partial charge in [0.15, 0.2) is 0 Å². The van der Waals surface area contributed by atoms with Crippen LogP contribution < -0.4 is 10.6 Å². The van der Waals surface area contributed by atoms with Crippen LogP contribution in [0.25, 0.3) is 5.69 Å². The number of thiophene rings is 1. The van der Waals surface area contributed by atoms with Gasteiger partial charge in [0, 0.05) is 18.9 Å². The van der Waals surface area contributed by atoms with Gasteiger partial charge in [-0.2, -0.15) is 0 Å². The molecule has 2 amide bonds. The highest BCUT2D eigenvalue weighted by Crippen LogP contribution is 2.28. The number of carbonyl (C=O) groups is 1. The summed E-state index contributed by atoms with van der Waals surface area (Å²) in [5.74, 6) is 0.697. The van der Waals surface area contributed by atoms with Gasteiger partial charge in [0.2, 0.25) is 0 Å². The number of nitrogens with zero attached hydrogens (tertiary/aromatic N) is 1. The van der Waals surface area contributed by atoms with Crippen LogP contribution in [0.15, 0.2) is 36.0 Å². The summed E-state index contributed by atoms with van der Waals surface area (Å²) in [6.45, 7) is 0.788. The van der Waals surface area contributed by atoms with E-state index in [0.717, 1.165) is 17.2 Å². The van der Waals surface area contributed by atoms with Gasteiger partial charge in [-0.3, -0.25) is 5.32 Å². The van der Waals surface area contributed by atoms with E-state index in [9.17, 15) is 4.79 Å². The molecule has 4 nitrogen and oxygen atoms in total. The molecular formula is C13H15N3OS. The second-order valence-electron chi connectivity index (χ2n) is 4.50. The lowest BCUT2D eigenvalue weighted by Crippen LogP contribution is -2.30. The Balaban J connectivity index is 1.65. The molecule has 0 atom stereocenters. The topological polar surface area (TPSA) is 46.1 Å². The molecule has 94 valence electrons. The zero-order valence-electron chi connectivity index (χ0n) is 9.93. The molecule has 1 aliphatic rings. The first-order valence-electron chi connectivity index (χ1n) is 6.08. The van der Waals surface area contributed by atoms with Gasteiger partial charge in [0.1, 0.15) is 5.00 Å². The van der Waals surface area contributed by atoms with Crippen molar-refractivity contribution in [3.63, 3.8) is 0 Å². The third-order valence-corrected chi connectivity index (χ3v) is 3.82. The lowest BCUT2D eigenvalue weighted by molar-refractivity contribution is 0.251. The van der Waals surface area contributed by atoms with Crippen molar-refractivity contribution in [1.82, 2.24) is 9.88 Å². The normalized spacial score (nSPS) is 14.4. The Labute approximate surface area is 110 Å². The Bertz CT molecular complexity index is 528. The number of carbonyl (C=O) groups excluding carboxylic acids is 1. The van der Waals surface area contributed by atoms with Gasteiger partial charge in [0.05, 0.1) is 5.69 Å². The SMILES string of the molecule is O=C(NCC1CC1)Nc1sccc1-n1cccc1. The van der Waals surface area contributed by atoms with Crippen molar-refractivity contribution in [3.05, 3.63) is 36.0 Å². The molecule has 2 aromatic rings. The summed E-state index contributed by atoms with van der Waals surface area (Å²) in [6, 6.07) is 5.82. The molecule has 5 heteroatoms. The second kappa shape index (κ2) is 4.86. The average molecular weight is 261 g/mol. The van der Waals surface area contributed by atoms with E-state index < -0.39 is 0 Å². The van der Waals surface area contributed by atoms with Crippen molar-refractivity contribution in [2.24, 2.45) is 5.92 Å². The standard InChI is InChI=1S/C13H15N3OS/c17-13(14-9-10-3-4-10)15-12-11(5-8-18-12)16-6-1-2-7-16/h1-2,5-8,10H,3-4,9H2,(H2,14,15,17). The number of nitrogens with one attached hydrogen (secondary N) is 2. The summed E-state index contributed by atoms with van der Waals surface area (Å²) in [5.41, 5.74) is 1.01. The van der Waals surface area contributed by atoms with Gasteiger partial charge in [-0.05, 0) is 42.3 Å². The molecule has 2 N–H and O–H groups in total. The fourth-order valence-corrected chi connectivity index (χ4v) is 2.58. The number of hydrogen-bond donors (Lipinski definition) is 2. The molecule has 2 aromatic heterocycles. The Kier molecular flexibility index (Phi) is 3.06. The molecule has 1 fully saturated rings. The second-order valence-corrected chi connectivity index (χ2v) is 5.42. The van der Waals surface area contributed by atoms with E-state index in [-0.39, 0.29) is 6.03 Å². The van der Waals surface area contributed by atoms with Crippen molar-refractivity contribution in [3.8, 4) is 5.69 Å². The Morgan fingerprint density at radius 2 is 2.17 bits per heavy atom. The molecule has 0 radical (unpaired) electrons. The van der Waals surface area contributed by atoms with Gasteiger partial charge in [-0.1, -0.05) is 0 Å². The minimum atomic E-state index is -0.113. The summed E-state index contributed by atoms with van der Waals surface area (Å²) in [4.78, 5) is 11.7. The van der Waals surface area contributed by atoms with Crippen LogP contribution in [0.5, 0.6) is 0 Å². The van der Waals surface area contributed by atoms with Crippen molar-refractivity contribution in [1.29, 1.82) is 0 Å². The lowest BCUT2D eigenvalue weighted by atomic mass is 10.4. The predicted octanol–water partition coefficient (Wildman–Crippen LogP) is 3.07. The minimum absolute atomic E-state index is 0.113. The molecule has 3 rings (SSSR count). The van der Waals surface area contributed by atoms with E-state index in [1.807, 2.05) is 40.5 Å². The van der Waals surface area contributed by atoms with Crippen LogP contribution >= 0.6 is 11.3 Å². The molecule has 0 spiro atoms. The molecule has 0 unspecified atom stereocenters. The number of aromatic nitrogens is 1. The molecule has 0 bridgehead atoms. The average Bonchev–Trinajstić information content (AvgIpc) is 2.85. The molecular weight excluding hydrogens is 246 g/mol. The van der Waals surface area contributed by atoms with Gasteiger partial charge >= 0.3 is 6.03 Å². The number of amides is 2. The number of urea groups is 1. The number of hydrogen-bond acceptors (Lipinski definition) is 2. The van der Waals surface area contributed by atoms with Crippen molar-refractivity contribution in [2.75, 3.05) is 11.9 Å². The zero-order chi connectivity index (χ0) is 12.4. The van der Waals surface area contributed by atoms with Crippen LogP contribution in [0.1, 0.15) is 12.8 Å². The van der Waals surface area contributed by atoms with Gasteiger partial charge in [0.25, 0.3) is 0 Å². The quantitative estimate of drug-likeness (QED) is 0.873. The van der Waals surface area contributed by atoms with Gasteiger partial charge < -0.3 is 9.88 Å². The summed E-state index contributed by atoms with van der Waals surface area (Å²) < 4.78 is 1.99. The highest BCUT2D eigenvalue weighted by atomic mass is 32.1. The first-order valence-corrected chi connectivity index (χ1v) is 6.96. The molecule has 18 heavy (non-hydrogen) atoms. The number of rotatable bonds is 4. The molecule has 2 heterocycles. The molecule has 1 aliphatic carbocycles. The Morgan fingerprint density at radius 1 is 1.39 bits per heavy atom. The predicted molar refractivity (Wildman–Crippen MR) is 73.4 cm³/mol. The van der Waals surface area contributed by atoms with E-state index in [1.54, 1.807) is 0 Å². The van der Waals surface area contributed by atoms with Crippen LogP contribution in [0.3, 0.4) is 0 Å². The number of anilines is 1. The van der Waals surface area contributed by atoms with Crippen molar-refractivity contribution in [2.45, 2.75) is 12.8 Å². The van der Waals surface area contributed by atoms with Gasteiger partial charge in [-0.25, -0.2) is 4.79 Å². The third-order valence-electron chi connectivity index (χ3n) is 3.00. The van der Waals surface area contributed by atoms with E-state index >= 15 is 0 Å². The van der Waals surface area contributed by atoms with E-state index in [4.69, 9.17) is 0 Å². The smallest absolute Gasteiger partial charge is 0.319 e. The maximum absolute atomic E-state index is 11.7. The van der Waals surface area contributed by atoms with E-state index in [1.165, 1.54) is 24.2 Å². The largest absolute Gasteiger partial charge is 0.338 e. The first-order chi connectivity index (χ1) is 8.83. The van der Waals surface area contributed by atoms with Crippen LogP contribution in [-0.4, -0.2) is 17.1 Å². The highest BCUT2D eigenvalue weighted by Gasteiger charge is 2.21. The van der Waals surface area contributed by atoms with Crippen molar-refractivity contribution < 1.29 is 4.79 Å². The summed E-state index contributed by atoms with van der Waals surface area (Å²) in [5, 5.41) is 8.66. The molecule has 0 saturated heterocycles. The summed E-state index contributed by atoms with van der Waals surface area (Å²) in [6.07, 6.45) is 6.42. The Hall–Kier alpha value is -1.75. The van der Waals surface area contributed by atoms with E-state index in [0.29, 0.717) is 5.92 Å². The lowest BCUT2D eigenvalue weighted by Gasteiger charge is -2.08. The maximum atomic E-state index is 11.7. The molecule has 0 aromatic carbocycles. The van der Waals surface area contributed by atoms with Crippen LogP contribution in [0.2, 0.25) is 0 Å². The highest BCUT2D eigenvalue weighted by molar-refractivity contribution is 7.14. The van der Waals surface area contributed by atoms with Gasteiger partial charge in [-0.15, -0.1) is 11.3 Å². The van der Waals surface area contributed by atoms with Crippen LogP contribution in [0, 0.1) is 5.92 Å². The van der Waals surface area contributed by atoms with E-state index in [2.05, 4.69) is 10.6 Å². The van der Waals surface area contributed by atoms with Crippen LogP contribution in [-0.2, 0) is 0 Å². The Morgan fingerprint density at radius 3 is 2.89 bits per heavy atom. The molecule has 1 saturated carbocycles. The minimum Gasteiger partial charge on any atom is -0.338 e. The first kappa shape index (κ1) is 11.3. The van der Waals surface area contributed by atoms with Crippen LogP contribution in [0.4, 0.5) is 9.80 Å². The summed E-state index contributed by atoms with van der Waals surface area (Å²) >= 11 is 1.53. The fraction of sp³-hybridized carbons (Fsp3) is 0.308. The molecule has 0 aliphatic heterocycles. The maximum Gasteiger partial charge on any atom is 0.319 e. The van der Waals surface area contributed by atoms with Crippen molar-refractivity contribution >= 4 is 22.4 Å². The zero-order valence-corrected chi connectivity index (χ0v) is 10.7. The summed E-state index contributed by atoms with van der Waals surface area (Å²) in [7, 11) is 0. The monoisotopic (exact) mass is 261 g/mol. The third kappa shape index (κ3) is 2.56.